The number of hydrogen-bond donors (Lipinski definition) is 1. The van der Waals surface area contributed by atoms with E-state index in [1.54, 1.807) is 7.11 Å². The van der Waals surface area contributed by atoms with Gasteiger partial charge in [-0.2, -0.15) is 5.26 Å². The number of hydrogen-bond acceptors (Lipinski definition) is 3. The van der Waals surface area contributed by atoms with Gasteiger partial charge in [-0.3, -0.25) is 0 Å². The molecule has 17 heavy (non-hydrogen) atoms. The predicted octanol–water partition coefficient (Wildman–Crippen LogP) is 2.85. The van der Waals surface area contributed by atoms with Crippen LogP contribution in [0.2, 0.25) is 0 Å². The normalized spacial score (nSPS) is 13.8. The molecule has 1 aromatic rings. The second-order valence-electron chi connectivity index (χ2n) is 4.06. The van der Waals surface area contributed by atoms with Crippen molar-refractivity contribution in [2.75, 3.05) is 7.11 Å². The van der Waals surface area contributed by atoms with E-state index < -0.39 is 12.0 Å². The molecule has 2 atom stereocenters. The smallest absolute Gasteiger partial charge is 0.123 e. The van der Waals surface area contributed by atoms with Gasteiger partial charge in [0.25, 0.3) is 0 Å². The Hall–Kier alpha value is -1.53. The van der Waals surface area contributed by atoms with Crippen LogP contribution in [0.3, 0.4) is 0 Å². The quantitative estimate of drug-likeness (QED) is 0.822. The van der Waals surface area contributed by atoms with Crippen LogP contribution in [-0.2, 0) is 0 Å². The second-order valence-corrected chi connectivity index (χ2v) is 4.06. The monoisotopic (exact) mass is 233 g/mol. The number of rotatable bonds is 6. The fourth-order valence-electron chi connectivity index (χ4n) is 1.87. The highest BCUT2D eigenvalue weighted by Gasteiger charge is 2.23. The third-order valence-electron chi connectivity index (χ3n) is 2.85. The summed E-state index contributed by atoms with van der Waals surface area (Å²) in [4.78, 5) is 0. The Morgan fingerprint density at radius 2 is 2.12 bits per heavy atom. The summed E-state index contributed by atoms with van der Waals surface area (Å²) >= 11 is 0. The molecule has 3 heteroatoms. The Kier molecular flexibility index (Phi) is 5.51. The molecule has 2 unspecified atom stereocenters. The molecule has 0 amide bonds. The highest BCUT2D eigenvalue weighted by molar-refractivity contribution is 5.39. The van der Waals surface area contributed by atoms with Crippen molar-refractivity contribution in [3.63, 3.8) is 0 Å². The minimum atomic E-state index is -0.628. The average molecular weight is 233 g/mol. The van der Waals surface area contributed by atoms with Gasteiger partial charge >= 0.3 is 0 Å². The summed E-state index contributed by atoms with van der Waals surface area (Å²) in [5, 5.41) is 19.2. The molecule has 0 bridgehead atoms. The minimum Gasteiger partial charge on any atom is -0.496 e. The molecular weight excluding hydrogens is 214 g/mol. The largest absolute Gasteiger partial charge is 0.496 e. The van der Waals surface area contributed by atoms with Crippen molar-refractivity contribution >= 4 is 0 Å². The number of ether oxygens (including phenoxy) is 1. The highest BCUT2D eigenvalue weighted by Crippen LogP contribution is 2.30. The Morgan fingerprint density at radius 1 is 1.41 bits per heavy atom. The highest BCUT2D eigenvalue weighted by atomic mass is 16.5. The standard InChI is InChI=1S/C14H19NO2/c1-3-4-8-13(16)12(10-15)11-7-5-6-9-14(11)17-2/h5-7,9,12-13,16H,3-4,8H2,1-2H3. The number of para-hydroxylation sites is 1. The predicted molar refractivity (Wildman–Crippen MR) is 66.9 cm³/mol. The van der Waals surface area contributed by atoms with Crippen molar-refractivity contribution in [3.8, 4) is 11.8 Å². The summed E-state index contributed by atoms with van der Waals surface area (Å²) in [5.74, 6) is 0.146. The van der Waals surface area contributed by atoms with Gasteiger partial charge in [-0.25, -0.2) is 0 Å². The second kappa shape index (κ2) is 6.93. The van der Waals surface area contributed by atoms with E-state index in [0.29, 0.717) is 12.2 Å². The van der Waals surface area contributed by atoms with E-state index in [2.05, 4.69) is 13.0 Å². The molecule has 0 radical (unpaired) electrons. The molecule has 0 aliphatic rings. The van der Waals surface area contributed by atoms with Crippen molar-refractivity contribution in [1.82, 2.24) is 0 Å². The van der Waals surface area contributed by atoms with Gasteiger partial charge in [0.1, 0.15) is 11.7 Å². The summed E-state index contributed by atoms with van der Waals surface area (Å²) in [7, 11) is 1.58. The first-order chi connectivity index (χ1) is 8.24. The molecule has 0 heterocycles. The van der Waals surface area contributed by atoms with E-state index in [0.717, 1.165) is 18.4 Å². The maximum absolute atomic E-state index is 10.0. The number of aliphatic hydroxyl groups is 1. The molecule has 0 spiro atoms. The number of methoxy groups -OCH3 is 1. The number of unbranched alkanes of at least 4 members (excludes halogenated alkanes) is 1. The zero-order valence-corrected chi connectivity index (χ0v) is 10.4. The van der Waals surface area contributed by atoms with Gasteiger partial charge in [0.15, 0.2) is 0 Å². The molecule has 3 nitrogen and oxygen atoms in total. The number of nitrogens with zero attached hydrogens (tertiary/aromatic N) is 1. The Bertz CT molecular complexity index is 384. The molecule has 0 fully saturated rings. The molecule has 0 aromatic heterocycles. The first kappa shape index (κ1) is 13.5. The summed E-state index contributed by atoms with van der Waals surface area (Å²) in [5.41, 5.74) is 0.765. The van der Waals surface area contributed by atoms with Crippen LogP contribution in [0.25, 0.3) is 0 Å². The summed E-state index contributed by atoms with van der Waals surface area (Å²) in [6.45, 7) is 2.07. The Morgan fingerprint density at radius 3 is 2.71 bits per heavy atom. The molecular formula is C14H19NO2. The van der Waals surface area contributed by atoms with Crippen LogP contribution in [0.5, 0.6) is 5.75 Å². The Labute approximate surface area is 103 Å². The van der Waals surface area contributed by atoms with Gasteiger partial charge in [0.2, 0.25) is 0 Å². The molecule has 0 saturated carbocycles. The summed E-state index contributed by atoms with van der Waals surface area (Å²) in [6.07, 6.45) is 1.96. The summed E-state index contributed by atoms with van der Waals surface area (Å²) < 4.78 is 5.22. The van der Waals surface area contributed by atoms with Crippen LogP contribution in [0.1, 0.15) is 37.7 Å². The molecule has 1 N–H and O–H groups in total. The van der Waals surface area contributed by atoms with Gasteiger partial charge in [-0.15, -0.1) is 0 Å². The van der Waals surface area contributed by atoms with E-state index in [-0.39, 0.29) is 0 Å². The van der Waals surface area contributed by atoms with Gasteiger partial charge in [0, 0.05) is 5.56 Å². The lowest BCUT2D eigenvalue weighted by Crippen LogP contribution is -2.17. The van der Waals surface area contributed by atoms with Crippen molar-refractivity contribution in [2.24, 2.45) is 0 Å². The Balaban J connectivity index is 2.90. The van der Waals surface area contributed by atoms with Crippen molar-refractivity contribution < 1.29 is 9.84 Å². The van der Waals surface area contributed by atoms with Gasteiger partial charge in [-0.05, 0) is 12.5 Å². The third kappa shape index (κ3) is 3.47. The van der Waals surface area contributed by atoms with Crippen LogP contribution < -0.4 is 4.74 Å². The lowest BCUT2D eigenvalue weighted by atomic mass is 9.91. The van der Waals surface area contributed by atoms with Gasteiger partial charge in [-0.1, -0.05) is 38.0 Å². The zero-order chi connectivity index (χ0) is 12.7. The zero-order valence-electron chi connectivity index (χ0n) is 10.4. The van der Waals surface area contributed by atoms with Crippen molar-refractivity contribution in [1.29, 1.82) is 5.26 Å². The van der Waals surface area contributed by atoms with Crippen LogP contribution >= 0.6 is 0 Å². The number of benzene rings is 1. The molecule has 1 aromatic carbocycles. The third-order valence-corrected chi connectivity index (χ3v) is 2.85. The molecule has 0 aliphatic carbocycles. The molecule has 92 valence electrons. The fourth-order valence-corrected chi connectivity index (χ4v) is 1.87. The fraction of sp³-hybridized carbons (Fsp3) is 0.500. The SMILES string of the molecule is CCCCC(O)C(C#N)c1ccccc1OC. The summed E-state index contributed by atoms with van der Waals surface area (Å²) in [6, 6.07) is 9.53. The maximum Gasteiger partial charge on any atom is 0.123 e. The topological polar surface area (TPSA) is 53.2 Å². The van der Waals surface area contributed by atoms with E-state index in [1.165, 1.54) is 0 Å². The number of nitriles is 1. The van der Waals surface area contributed by atoms with Crippen LogP contribution in [0.15, 0.2) is 24.3 Å². The molecule has 0 saturated heterocycles. The van der Waals surface area contributed by atoms with Gasteiger partial charge in [0.05, 0.1) is 19.3 Å². The average Bonchev–Trinajstić information content (AvgIpc) is 2.37. The van der Waals surface area contributed by atoms with Crippen LogP contribution in [-0.4, -0.2) is 18.3 Å². The lowest BCUT2D eigenvalue weighted by Gasteiger charge is -2.18. The van der Waals surface area contributed by atoms with E-state index in [1.807, 2.05) is 24.3 Å². The van der Waals surface area contributed by atoms with Crippen LogP contribution in [0, 0.1) is 11.3 Å². The minimum absolute atomic E-state index is 0.516. The van der Waals surface area contributed by atoms with Crippen molar-refractivity contribution in [3.05, 3.63) is 29.8 Å². The van der Waals surface area contributed by atoms with Gasteiger partial charge < -0.3 is 9.84 Å². The molecule has 0 aliphatic heterocycles. The van der Waals surface area contributed by atoms with Crippen molar-refractivity contribution in [2.45, 2.75) is 38.2 Å². The van der Waals surface area contributed by atoms with E-state index >= 15 is 0 Å². The van der Waals surface area contributed by atoms with E-state index in [4.69, 9.17) is 4.74 Å². The first-order valence-corrected chi connectivity index (χ1v) is 5.95. The molecule has 1 rings (SSSR count). The van der Waals surface area contributed by atoms with E-state index in [9.17, 15) is 10.4 Å². The number of aliphatic hydroxyl groups excluding tert-OH is 1. The van der Waals surface area contributed by atoms with Crippen LogP contribution in [0.4, 0.5) is 0 Å². The first-order valence-electron chi connectivity index (χ1n) is 5.95. The lowest BCUT2D eigenvalue weighted by molar-refractivity contribution is 0.147. The maximum atomic E-state index is 10.0.